The number of pyridine rings is 1. The Morgan fingerprint density at radius 2 is 1.81 bits per heavy atom. The Hall–Kier alpha value is -3.97. The number of benzene rings is 2. The summed E-state index contributed by atoms with van der Waals surface area (Å²) in [4.78, 5) is 17.2. The van der Waals surface area contributed by atoms with Crippen molar-refractivity contribution in [1.82, 2.24) is 15.5 Å². The highest BCUT2D eigenvalue weighted by Gasteiger charge is 2.10. The van der Waals surface area contributed by atoms with Crippen molar-refractivity contribution in [3.63, 3.8) is 0 Å². The summed E-state index contributed by atoms with van der Waals surface area (Å²) in [6.07, 6.45) is 1.86. The summed E-state index contributed by atoms with van der Waals surface area (Å²) in [5.41, 5.74) is 12.5. The summed E-state index contributed by atoms with van der Waals surface area (Å²) in [6, 6.07) is 18.6. The maximum absolute atomic E-state index is 12.5. The van der Waals surface area contributed by atoms with Gasteiger partial charge in [-0.25, -0.2) is 0 Å². The van der Waals surface area contributed by atoms with E-state index in [4.69, 9.17) is 10.3 Å². The van der Waals surface area contributed by atoms with Crippen LogP contribution in [-0.2, 0) is 13.1 Å². The molecule has 2 heterocycles. The van der Waals surface area contributed by atoms with Crippen molar-refractivity contribution < 1.29 is 9.32 Å². The summed E-state index contributed by atoms with van der Waals surface area (Å²) in [7, 11) is 0. The average molecular weight is 428 g/mol. The molecule has 0 bridgehead atoms. The van der Waals surface area contributed by atoms with Gasteiger partial charge >= 0.3 is 0 Å². The van der Waals surface area contributed by atoms with E-state index in [-0.39, 0.29) is 5.91 Å². The number of nitrogens with two attached hydrogens (primary N) is 1. The van der Waals surface area contributed by atoms with Crippen molar-refractivity contribution in [1.29, 1.82) is 0 Å². The Balaban J connectivity index is 1.40. The minimum Gasteiger partial charge on any atom is -0.397 e. The van der Waals surface area contributed by atoms with Crippen LogP contribution in [0, 0.1) is 13.8 Å². The van der Waals surface area contributed by atoms with E-state index < -0.39 is 0 Å². The molecule has 7 heteroatoms. The van der Waals surface area contributed by atoms with Gasteiger partial charge in [0.2, 0.25) is 0 Å². The number of rotatable bonds is 7. The summed E-state index contributed by atoms with van der Waals surface area (Å²) < 4.78 is 5.08. The lowest BCUT2D eigenvalue weighted by Crippen LogP contribution is -2.13. The first-order chi connectivity index (χ1) is 15.5. The summed E-state index contributed by atoms with van der Waals surface area (Å²) in [6.45, 7) is 5.23. The molecule has 0 atom stereocenters. The van der Waals surface area contributed by atoms with Crippen LogP contribution in [0.5, 0.6) is 0 Å². The zero-order valence-electron chi connectivity index (χ0n) is 18.1. The molecule has 2 aromatic carbocycles. The number of carbonyl (C=O) groups excluding carboxylic acids is 1. The summed E-state index contributed by atoms with van der Waals surface area (Å²) in [5.74, 6) is 0.596. The second-order valence-corrected chi connectivity index (χ2v) is 7.66. The second kappa shape index (κ2) is 9.45. The lowest BCUT2D eigenvalue weighted by Gasteiger charge is -2.10. The maximum atomic E-state index is 12.5. The molecule has 4 N–H and O–H groups in total. The van der Waals surface area contributed by atoms with E-state index in [0.717, 1.165) is 33.8 Å². The number of aryl methyl sites for hydroxylation is 2. The standard InChI is InChI=1S/C25H25N5O2/c1-16-11-18(13-27-15-21-12-17(2)32-30-21)14-28-24(16)19-7-9-20(10-8-19)25(31)29-23-6-4-3-5-22(23)26/h3-12,14,27H,13,15,26H2,1-2H3,(H,29,31). The fourth-order valence-electron chi connectivity index (χ4n) is 3.45. The van der Waals surface area contributed by atoms with Crippen LogP contribution in [0.25, 0.3) is 11.3 Å². The Labute approximate surface area is 186 Å². The van der Waals surface area contributed by atoms with Crippen molar-refractivity contribution in [2.75, 3.05) is 11.1 Å². The van der Waals surface area contributed by atoms with Gasteiger partial charge in [0.25, 0.3) is 5.91 Å². The van der Waals surface area contributed by atoms with Gasteiger partial charge in [0.15, 0.2) is 0 Å². The maximum Gasteiger partial charge on any atom is 0.255 e. The first-order valence-corrected chi connectivity index (χ1v) is 10.3. The second-order valence-electron chi connectivity index (χ2n) is 7.66. The minimum atomic E-state index is -0.206. The quantitative estimate of drug-likeness (QED) is 0.376. The van der Waals surface area contributed by atoms with Crippen LogP contribution in [0.2, 0.25) is 0 Å². The van der Waals surface area contributed by atoms with Gasteiger partial charge in [-0.1, -0.05) is 35.5 Å². The molecule has 2 aromatic heterocycles. The number of nitrogens with zero attached hydrogens (tertiary/aromatic N) is 2. The number of anilines is 2. The van der Waals surface area contributed by atoms with Gasteiger partial charge in [0.1, 0.15) is 5.76 Å². The van der Waals surface area contributed by atoms with Gasteiger partial charge in [-0.2, -0.15) is 0 Å². The van der Waals surface area contributed by atoms with Crippen molar-refractivity contribution in [2.45, 2.75) is 26.9 Å². The van der Waals surface area contributed by atoms with E-state index in [1.54, 1.807) is 24.3 Å². The number of para-hydroxylation sites is 2. The zero-order chi connectivity index (χ0) is 22.5. The van der Waals surface area contributed by atoms with Crippen molar-refractivity contribution >= 4 is 17.3 Å². The molecule has 0 radical (unpaired) electrons. The highest BCUT2D eigenvalue weighted by atomic mass is 16.5. The topological polar surface area (TPSA) is 106 Å². The van der Waals surface area contributed by atoms with Crippen LogP contribution in [0.3, 0.4) is 0 Å². The van der Waals surface area contributed by atoms with Crippen LogP contribution >= 0.6 is 0 Å². The lowest BCUT2D eigenvalue weighted by atomic mass is 10.0. The van der Waals surface area contributed by atoms with Gasteiger partial charge < -0.3 is 20.9 Å². The van der Waals surface area contributed by atoms with Crippen molar-refractivity contribution in [2.24, 2.45) is 0 Å². The molecule has 0 unspecified atom stereocenters. The smallest absolute Gasteiger partial charge is 0.255 e. The Kier molecular flexibility index (Phi) is 6.28. The number of aromatic nitrogens is 2. The third kappa shape index (κ3) is 5.01. The van der Waals surface area contributed by atoms with E-state index in [1.165, 1.54) is 0 Å². The third-order valence-corrected chi connectivity index (χ3v) is 5.08. The van der Waals surface area contributed by atoms with Crippen LogP contribution in [0.15, 0.2) is 71.4 Å². The zero-order valence-corrected chi connectivity index (χ0v) is 18.1. The van der Waals surface area contributed by atoms with Crippen LogP contribution in [0.4, 0.5) is 11.4 Å². The number of carbonyl (C=O) groups is 1. The van der Waals surface area contributed by atoms with Gasteiger partial charge in [0.05, 0.1) is 22.8 Å². The Bertz CT molecular complexity index is 1230. The number of nitrogens with one attached hydrogen (secondary N) is 2. The van der Waals surface area contributed by atoms with E-state index in [1.807, 2.05) is 50.4 Å². The number of hydrogen-bond acceptors (Lipinski definition) is 6. The molecule has 0 spiro atoms. The Morgan fingerprint density at radius 1 is 1.03 bits per heavy atom. The highest BCUT2D eigenvalue weighted by molar-refractivity contribution is 6.05. The fraction of sp³-hybridized carbons (Fsp3) is 0.160. The molecular formula is C25H25N5O2. The molecule has 1 amide bonds. The first kappa shape index (κ1) is 21.3. The van der Waals surface area contributed by atoms with Gasteiger partial charge in [-0.3, -0.25) is 9.78 Å². The van der Waals surface area contributed by atoms with E-state index in [9.17, 15) is 4.79 Å². The van der Waals surface area contributed by atoms with Gasteiger partial charge in [-0.05, 0) is 49.2 Å². The molecule has 4 aromatic rings. The van der Waals surface area contributed by atoms with Crippen LogP contribution in [-0.4, -0.2) is 16.0 Å². The fourth-order valence-corrected chi connectivity index (χ4v) is 3.45. The highest BCUT2D eigenvalue weighted by Crippen LogP contribution is 2.23. The molecule has 0 aliphatic carbocycles. The predicted octanol–water partition coefficient (Wildman–Crippen LogP) is 4.48. The predicted molar refractivity (Wildman–Crippen MR) is 125 cm³/mol. The molecule has 0 fully saturated rings. The number of amides is 1. The number of nitrogen functional groups attached to an aromatic ring is 1. The lowest BCUT2D eigenvalue weighted by molar-refractivity contribution is 0.102. The molecule has 0 saturated heterocycles. The van der Waals surface area contributed by atoms with Crippen LogP contribution < -0.4 is 16.4 Å². The minimum absolute atomic E-state index is 0.206. The molecule has 4 rings (SSSR count). The number of hydrogen-bond donors (Lipinski definition) is 3. The molecular weight excluding hydrogens is 402 g/mol. The third-order valence-electron chi connectivity index (χ3n) is 5.08. The van der Waals surface area contributed by atoms with Gasteiger partial charge in [-0.15, -0.1) is 0 Å². The van der Waals surface area contributed by atoms with Crippen molar-refractivity contribution in [3.8, 4) is 11.3 Å². The van der Waals surface area contributed by atoms with Gasteiger partial charge in [0, 0.05) is 36.5 Å². The normalized spacial score (nSPS) is 10.8. The largest absolute Gasteiger partial charge is 0.397 e. The molecule has 0 saturated carbocycles. The molecule has 0 aliphatic heterocycles. The average Bonchev–Trinajstić information content (AvgIpc) is 3.20. The SMILES string of the molecule is Cc1cc(CNCc2cnc(-c3ccc(C(=O)Nc4ccccc4N)cc3)c(C)c2)no1. The van der Waals surface area contributed by atoms with Crippen molar-refractivity contribution in [3.05, 3.63) is 95.0 Å². The summed E-state index contributed by atoms with van der Waals surface area (Å²) in [5, 5.41) is 10.2. The summed E-state index contributed by atoms with van der Waals surface area (Å²) >= 11 is 0. The molecule has 0 aliphatic rings. The first-order valence-electron chi connectivity index (χ1n) is 10.3. The van der Waals surface area contributed by atoms with Crippen LogP contribution in [0.1, 0.15) is 32.9 Å². The van der Waals surface area contributed by atoms with E-state index >= 15 is 0 Å². The molecule has 7 nitrogen and oxygen atoms in total. The Morgan fingerprint density at radius 3 is 2.50 bits per heavy atom. The van der Waals surface area contributed by atoms with E-state index in [0.29, 0.717) is 30.0 Å². The molecule has 162 valence electrons. The molecule has 32 heavy (non-hydrogen) atoms. The van der Waals surface area contributed by atoms with E-state index in [2.05, 4.69) is 26.8 Å². The monoisotopic (exact) mass is 427 g/mol.